The summed E-state index contributed by atoms with van der Waals surface area (Å²) < 4.78 is 200. The Morgan fingerprint density at radius 3 is 0.907 bits per heavy atom. The van der Waals surface area contributed by atoms with Crippen molar-refractivity contribution < 1.29 is 101 Å². The van der Waals surface area contributed by atoms with Crippen molar-refractivity contribution in [2.75, 3.05) is 88.5 Å². The van der Waals surface area contributed by atoms with E-state index in [0.29, 0.717) is 72.3 Å². The van der Waals surface area contributed by atoms with Crippen LogP contribution in [0.3, 0.4) is 0 Å². The van der Waals surface area contributed by atoms with Gasteiger partial charge in [0.2, 0.25) is 0 Å². The van der Waals surface area contributed by atoms with E-state index in [0.717, 1.165) is 10.8 Å². The number of hydrogen-bond donors (Lipinski definition) is 2. The summed E-state index contributed by atoms with van der Waals surface area (Å²) >= 11 is 4.47. The van der Waals surface area contributed by atoms with E-state index in [1.807, 2.05) is 0 Å². The molecular formula is C78H87F10I2N5O12. The lowest BCUT2D eigenvalue weighted by atomic mass is 9.73. The number of aliphatic hydroxyl groups is 2. The minimum absolute atomic E-state index is 0.0871. The van der Waals surface area contributed by atoms with E-state index in [2.05, 4.69) is 76.7 Å². The summed E-state index contributed by atoms with van der Waals surface area (Å²) in [5.74, 6) is -2.68. The molecule has 0 amide bonds. The number of rotatable bonds is 17. The van der Waals surface area contributed by atoms with Gasteiger partial charge >= 0.3 is 0 Å². The van der Waals surface area contributed by atoms with Gasteiger partial charge in [0.25, 0.3) is 0 Å². The lowest BCUT2D eigenvalue weighted by Gasteiger charge is -2.42. The van der Waals surface area contributed by atoms with Gasteiger partial charge in [-0.05, 0) is 43.2 Å². The van der Waals surface area contributed by atoms with Crippen LogP contribution in [0.1, 0.15) is 75.3 Å². The van der Waals surface area contributed by atoms with Gasteiger partial charge < -0.3 is 57.6 Å². The summed E-state index contributed by atoms with van der Waals surface area (Å²) in [4.78, 5) is 21.8. The van der Waals surface area contributed by atoms with Crippen molar-refractivity contribution in [3.63, 3.8) is 0 Å². The largest absolute Gasteiger partial charge is 0.475 e. The summed E-state index contributed by atoms with van der Waals surface area (Å²) in [5.41, 5.74) is -5.43. The minimum Gasteiger partial charge on any atom is -0.475 e. The van der Waals surface area contributed by atoms with Gasteiger partial charge in [0, 0.05) is 77.9 Å². The highest BCUT2D eigenvalue weighted by Gasteiger charge is 2.62. The first-order valence-electron chi connectivity index (χ1n) is 35.4. The summed E-state index contributed by atoms with van der Waals surface area (Å²) in [6.45, 7) is 9.19. The predicted octanol–water partition coefficient (Wildman–Crippen LogP) is 13.9. The van der Waals surface area contributed by atoms with Gasteiger partial charge in [-0.15, -0.1) is 6.58 Å². The Labute approximate surface area is 642 Å². The van der Waals surface area contributed by atoms with Crippen molar-refractivity contribution >= 4 is 74.7 Å². The van der Waals surface area contributed by atoms with E-state index < -0.39 is 132 Å². The van der Waals surface area contributed by atoms with Crippen LogP contribution < -0.4 is 0 Å². The molecule has 29 heteroatoms. The molecule has 0 aromatic heterocycles. The van der Waals surface area contributed by atoms with Crippen molar-refractivity contribution in [1.82, 2.24) is 0 Å². The Kier molecular flexibility index (Phi) is 27.0. The molecule has 107 heavy (non-hydrogen) atoms. The van der Waals surface area contributed by atoms with Crippen molar-refractivity contribution in [3.05, 3.63) is 191 Å². The number of ether oxygens (including phenoxy) is 10. The Balaban J connectivity index is 0.000000133. The van der Waals surface area contributed by atoms with E-state index in [1.165, 1.54) is 36.4 Å². The Bertz CT molecular complexity index is 3860. The minimum atomic E-state index is -1.41. The standard InChI is InChI=1S/C16H18F2INO2.C16H19F2NO3.C16H17F2NO2.C15H16F2INO2.C15H17F2NO3/c1-10-20-16(9-17,11-4-2-3-5-12(11)18)15-13(6-7-19)21-8-14(15)22-10;1-10-19-16(9-17,11-4-2-3-5-12(11)18)15-13(6-7-20)21-8-14(15)22-10;1-3-13-15-14(8-20-13)21-10(2)19-16(15,9-17)11-6-4-5-7-12(11)18;1-9-19-15(8-16,10-4-2-3-5-11(10)17)14-12(6-18)20-7-13(14)21-9;1-9-18-15(8-16,10-4-2-3-5-11(10)17)14-12(6-19)20-7-13(14)21-9/h2-5,13-15H,6-9H2,1H3;2-5,13-15,20H,6-9H2,1H3;3-7,13-15H,1,8-9H2,2H3;2-5,12-14H,6-8H2,1H3;2-5,12-14,19H,6-8H2,1H3/t3*13-,14+,15-,16+;2*12-,13+,14-,15+/m00000/s1. The average Bonchev–Trinajstić information content (AvgIpc) is 1.71. The van der Waals surface area contributed by atoms with Crippen molar-refractivity contribution in [1.29, 1.82) is 0 Å². The second-order valence-corrected chi connectivity index (χ2v) is 29.6. The molecular weight excluding hydrogens is 1640 g/mol. The summed E-state index contributed by atoms with van der Waals surface area (Å²) in [6, 6.07) is 30.8. The molecule has 5 fully saturated rings. The molecule has 5 saturated heterocycles. The number of aliphatic imine (C=N–C) groups is 5. The molecule has 0 bridgehead atoms. The van der Waals surface area contributed by atoms with Crippen LogP contribution in [0.15, 0.2) is 159 Å². The van der Waals surface area contributed by atoms with Crippen LogP contribution in [0.25, 0.3) is 0 Å². The highest BCUT2D eigenvalue weighted by Crippen LogP contribution is 2.53. The first kappa shape index (κ1) is 81.7. The Morgan fingerprint density at radius 2 is 0.636 bits per heavy atom. The first-order valence-corrected chi connectivity index (χ1v) is 38.4. The molecule has 5 aromatic rings. The van der Waals surface area contributed by atoms with Crippen LogP contribution in [0.5, 0.6) is 0 Å². The molecule has 20 atom stereocenters. The fourth-order valence-electron chi connectivity index (χ4n) is 17.4. The third-order valence-electron chi connectivity index (χ3n) is 21.6. The van der Waals surface area contributed by atoms with Gasteiger partial charge in [0.15, 0.2) is 29.5 Å². The predicted molar refractivity (Wildman–Crippen MR) is 398 cm³/mol. The van der Waals surface area contributed by atoms with Crippen LogP contribution in [-0.2, 0) is 75.1 Å². The average molecular weight is 1730 g/mol. The molecule has 10 aliphatic rings. The molecule has 0 spiro atoms. The van der Waals surface area contributed by atoms with Crippen molar-refractivity contribution in [3.8, 4) is 0 Å². The normalized spacial score (nSPS) is 34.6. The molecule has 0 radical (unpaired) electrons. The van der Waals surface area contributed by atoms with Crippen LogP contribution in [0.2, 0.25) is 0 Å². The maximum absolute atomic E-state index is 14.4. The zero-order valence-corrected chi connectivity index (χ0v) is 63.9. The zero-order chi connectivity index (χ0) is 76.6. The fraction of sp³-hybridized carbons (Fsp3) is 0.526. The molecule has 0 saturated carbocycles. The van der Waals surface area contributed by atoms with Crippen LogP contribution in [-0.4, -0.2) is 189 Å². The van der Waals surface area contributed by atoms with Gasteiger partial charge in [-0.1, -0.05) is 142 Å². The van der Waals surface area contributed by atoms with E-state index in [9.17, 15) is 54.1 Å². The lowest BCUT2D eigenvalue weighted by molar-refractivity contribution is 0.00519. The number of benzene rings is 5. The summed E-state index contributed by atoms with van der Waals surface area (Å²) in [6.07, 6.45) is -0.817. The maximum atomic E-state index is 14.4. The molecule has 5 aromatic carbocycles. The third-order valence-corrected chi connectivity index (χ3v) is 23.0. The topological polar surface area (TPSA) is 195 Å². The smallest absolute Gasteiger partial charge is 0.181 e. The molecule has 580 valence electrons. The molecule has 10 aliphatic heterocycles. The second kappa shape index (κ2) is 35.4. The highest BCUT2D eigenvalue weighted by atomic mass is 127. The van der Waals surface area contributed by atoms with Gasteiger partial charge in [-0.25, -0.2) is 68.9 Å². The molecule has 0 unspecified atom stereocenters. The van der Waals surface area contributed by atoms with Gasteiger partial charge in [-0.3, -0.25) is 0 Å². The maximum Gasteiger partial charge on any atom is 0.181 e. The van der Waals surface area contributed by atoms with Crippen LogP contribution >= 0.6 is 45.2 Å². The third kappa shape index (κ3) is 15.8. The Hall–Kier alpha value is -6.33. The number of nitrogens with zero attached hydrogens (tertiary/aromatic N) is 5. The number of alkyl halides is 7. The first-order chi connectivity index (χ1) is 51.6. The van der Waals surface area contributed by atoms with Crippen LogP contribution in [0.4, 0.5) is 43.9 Å². The zero-order valence-electron chi connectivity index (χ0n) is 59.6. The summed E-state index contributed by atoms with van der Waals surface area (Å²) in [5, 5.41) is 18.7. The van der Waals surface area contributed by atoms with Gasteiger partial charge in [0.1, 0.15) is 121 Å². The number of fused-ring (bicyclic) bond motifs is 5. The quantitative estimate of drug-likeness (QED) is 0.0388. The molecule has 17 nitrogen and oxygen atoms in total. The monoisotopic (exact) mass is 1730 g/mol. The lowest BCUT2D eigenvalue weighted by Crippen LogP contribution is -2.51. The second-order valence-electron chi connectivity index (χ2n) is 27.6. The molecule has 0 aliphatic carbocycles. The van der Waals surface area contributed by atoms with E-state index in [-0.39, 0.29) is 90.5 Å². The summed E-state index contributed by atoms with van der Waals surface area (Å²) in [7, 11) is 0. The molecule has 15 rings (SSSR count). The van der Waals surface area contributed by atoms with Crippen molar-refractivity contribution in [2.45, 2.75) is 136 Å². The van der Waals surface area contributed by atoms with E-state index >= 15 is 0 Å². The highest BCUT2D eigenvalue weighted by molar-refractivity contribution is 14.1. The molecule has 2 N–H and O–H groups in total. The van der Waals surface area contributed by atoms with E-state index in [4.69, 9.17) is 47.4 Å². The SMILES string of the molecule is C=C[C@@H]1OC[C@H]2OC(C)=N[C@](CF)(c3ccccc3F)[C@@H]12.CC1=N[C@](CF)(c2ccccc2F)[C@H]2[C@H](CCI)OC[C@H]2O1.CC1=N[C@](CF)(c2ccccc2F)[C@H]2[C@H](CCO)OC[C@H]2O1.CC1=N[C@](CF)(c2ccccc2F)[C@H]2[C@H](CI)OC[C@H]2O1.CC1=N[C@](CF)(c2ccccc2F)[C@H]2[C@H](CO)OC[C@H]2O1. The number of hydrogen-bond acceptors (Lipinski definition) is 17. The van der Waals surface area contributed by atoms with Gasteiger partial charge in [-0.2, -0.15) is 0 Å². The van der Waals surface area contributed by atoms with Gasteiger partial charge in [0.05, 0.1) is 99.8 Å². The number of halogens is 12. The fourth-order valence-corrected chi connectivity index (χ4v) is 18.8. The number of aliphatic hydroxyl groups excluding tert-OH is 2. The van der Waals surface area contributed by atoms with Crippen LogP contribution in [0, 0.1) is 58.7 Å². The Morgan fingerprint density at radius 1 is 0.383 bits per heavy atom. The van der Waals surface area contributed by atoms with E-state index in [1.54, 1.807) is 126 Å². The van der Waals surface area contributed by atoms with Crippen molar-refractivity contribution in [2.24, 2.45) is 54.6 Å². The molecule has 10 heterocycles.